The number of esters is 1. The summed E-state index contributed by atoms with van der Waals surface area (Å²) in [6.07, 6.45) is 1.86. The van der Waals surface area contributed by atoms with Gasteiger partial charge in [-0.15, -0.1) is 0 Å². The molecule has 0 bridgehead atoms. The number of fused-ring (bicyclic) bond motifs is 1. The van der Waals surface area contributed by atoms with Crippen LogP contribution in [0.5, 0.6) is 0 Å². The molecule has 1 heterocycles. The third-order valence-electron chi connectivity index (χ3n) is 2.42. The van der Waals surface area contributed by atoms with Crippen LogP contribution in [0.25, 0.3) is 16.5 Å². The van der Waals surface area contributed by atoms with E-state index in [1.54, 1.807) is 6.92 Å². The van der Waals surface area contributed by atoms with Crippen LogP contribution in [0.4, 0.5) is 0 Å². The minimum Gasteiger partial charge on any atom is -0.462 e. The van der Waals surface area contributed by atoms with Crippen LogP contribution in [0.3, 0.4) is 0 Å². The molecule has 0 unspecified atom stereocenters. The minimum atomic E-state index is -0.364. The second-order valence-corrected chi connectivity index (χ2v) is 3.48. The normalized spacial score (nSPS) is 10.3. The van der Waals surface area contributed by atoms with Crippen molar-refractivity contribution in [2.45, 2.75) is 6.92 Å². The van der Waals surface area contributed by atoms with Crippen molar-refractivity contribution in [1.82, 2.24) is 4.98 Å². The van der Waals surface area contributed by atoms with Crippen LogP contribution >= 0.6 is 0 Å². The van der Waals surface area contributed by atoms with Crippen LogP contribution in [0.2, 0.25) is 0 Å². The molecule has 0 aliphatic carbocycles. The van der Waals surface area contributed by atoms with Crippen molar-refractivity contribution in [3.8, 4) is 0 Å². The number of aromatic nitrogens is 1. The molecule has 16 heavy (non-hydrogen) atoms. The molecule has 0 saturated heterocycles. The molecular weight excluding hydrogens is 202 g/mol. The van der Waals surface area contributed by atoms with Gasteiger partial charge in [-0.05, 0) is 36.1 Å². The Morgan fingerprint density at radius 1 is 1.44 bits per heavy atom. The Morgan fingerprint density at radius 3 is 3.00 bits per heavy atom. The van der Waals surface area contributed by atoms with E-state index in [9.17, 15) is 4.79 Å². The molecular formula is C13H13NO2. The molecule has 2 aromatic rings. The standard InChI is InChI=1S/C13H13NO2/c1-3-16-13(15)9(2)10-4-5-12-11(8-10)6-7-14-12/h4-8,14H,2-3H2,1H3. The molecule has 3 nitrogen and oxygen atoms in total. The Kier molecular flexibility index (Phi) is 2.77. The molecule has 0 aliphatic heterocycles. The van der Waals surface area contributed by atoms with Crippen molar-refractivity contribution in [2.24, 2.45) is 0 Å². The average molecular weight is 215 g/mol. The maximum absolute atomic E-state index is 11.5. The summed E-state index contributed by atoms with van der Waals surface area (Å²) in [5, 5.41) is 1.06. The van der Waals surface area contributed by atoms with Gasteiger partial charge < -0.3 is 9.72 Å². The lowest BCUT2D eigenvalue weighted by Crippen LogP contribution is -2.05. The maximum Gasteiger partial charge on any atom is 0.338 e. The molecule has 0 saturated carbocycles. The smallest absolute Gasteiger partial charge is 0.338 e. The van der Waals surface area contributed by atoms with Crippen LogP contribution in [-0.2, 0) is 9.53 Å². The largest absolute Gasteiger partial charge is 0.462 e. The molecule has 82 valence electrons. The first-order chi connectivity index (χ1) is 7.72. The van der Waals surface area contributed by atoms with Gasteiger partial charge in [-0.3, -0.25) is 0 Å². The Morgan fingerprint density at radius 2 is 2.25 bits per heavy atom. The van der Waals surface area contributed by atoms with Gasteiger partial charge in [0.25, 0.3) is 0 Å². The first kappa shape index (κ1) is 10.5. The van der Waals surface area contributed by atoms with Crippen molar-refractivity contribution < 1.29 is 9.53 Å². The van der Waals surface area contributed by atoms with E-state index < -0.39 is 0 Å². The van der Waals surface area contributed by atoms with Gasteiger partial charge in [0.05, 0.1) is 12.2 Å². The zero-order valence-corrected chi connectivity index (χ0v) is 9.12. The Bertz CT molecular complexity index is 540. The summed E-state index contributed by atoms with van der Waals surface area (Å²) in [6, 6.07) is 7.66. The van der Waals surface area contributed by atoms with Crippen molar-refractivity contribution in [1.29, 1.82) is 0 Å². The van der Waals surface area contributed by atoms with Gasteiger partial charge in [0, 0.05) is 11.7 Å². The van der Waals surface area contributed by atoms with Gasteiger partial charge in [-0.2, -0.15) is 0 Å². The quantitative estimate of drug-likeness (QED) is 0.631. The lowest BCUT2D eigenvalue weighted by Gasteiger charge is -2.05. The molecule has 1 aromatic heterocycles. The third-order valence-corrected chi connectivity index (χ3v) is 2.42. The Hall–Kier alpha value is -2.03. The summed E-state index contributed by atoms with van der Waals surface area (Å²) >= 11 is 0. The molecule has 0 aliphatic rings. The number of carbonyl (C=O) groups excluding carboxylic acids is 1. The number of H-pyrrole nitrogens is 1. The summed E-state index contributed by atoms with van der Waals surface area (Å²) in [6.45, 7) is 5.89. The SMILES string of the molecule is C=C(C(=O)OCC)c1ccc2[nH]ccc2c1. The van der Waals surface area contributed by atoms with E-state index in [-0.39, 0.29) is 5.97 Å². The van der Waals surface area contributed by atoms with Crippen molar-refractivity contribution in [3.05, 3.63) is 42.6 Å². The number of aromatic amines is 1. The van der Waals surface area contributed by atoms with Gasteiger partial charge >= 0.3 is 5.97 Å². The molecule has 1 aromatic carbocycles. The molecule has 0 atom stereocenters. The van der Waals surface area contributed by atoms with E-state index in [4.69, 9.17) is 4.74 Å². The Balaban J connectivity index is 2.32. The second-order valence-electron chi connectivity index (χ2n) is 3.48. The van der Waals surface area contributed by atoms with Crippen LogP contribution in [-0.4, -0.2) is 17.6 Å². The number of hydrogen-bond acceptors (Lipinski definition) is 2. The highest BCUT2D eigenvalue weighted by atomic mass is 16.5. The number of benzene rings is 1. The van der Waals surface area contributed by atoms with Gasteiger partial charge in [0.15, 0.2) is 0 Å². The molecule has 2 rings (SSSR count). The Labute approximate surface area is 93.7 Å². The second kappa shape index (κ2) is 4.23. The van der Waals surface area contributed by atoms with E-state index in [0.29, 0.717) is 12.2 Å². The molecule has 1 N–H and O–H groups in total. The van der Waals surface area contributed by atoms with E-state index in [1.807, 2.05) is 30.5 Å². The fraction of sp³-hybridized carbons (Fsp3) is 0.154. The van der Waals surface area contributed by atoms with E-state index in [1.165, 1.54) is 0 Å². The number of rotatable bonds is 3. The predicted molar refractivity (Wildman–Crippen MR) is 64.0 cm³/mol. The molecule has 3 heteroatoms. The van der Waals surface area contributed by atoms with Gasteiger partial charge in [0.2, 0.25) is 0 Å². The average Bonchev–Trinajstić information content (AvgIpc) is 2.75. The van der Waals surface area contributed by atoms with E-state index in [0.717, 1.165) is 16.5 Å². The highest BCUT2D eigenvalue weighted by Gasteiger charge is 2.10. The summed E-state index contributed by atoms with van der Waals surface area (Å²) in [7, 11) is 0. The molecule has 0 fully saturated rings. The molecule has 0 radical (unpaired) electrons. The summed E-state index contributed by atoms with van der Waals surface area (Å²) < 4.78 is 4.91. The zero-order valence-electron chi connectivity index (χ0n) is 9.12. The zero-order chi connectivity index (χ0) is 11.5. The van der Waals surface area contributed by atoms with Crippen LogP contribution in [0.15, 0.2) is 37.0 Å². The van der Waals surface area contributed by atoms with Gasteiger partial charge in [-0.25, -0.2) is 4.79 Å². The summed E-state index contributed by atoms with van der Waals surface area (Å²) in [5.41, 5.74) is 2.23. The minimum absolute atomic E-state index is 0.364. The van der Waals surface area contributed by atoms with Crippen molar-refractivity contribution in [3.63, 3.8) is 0 Å². The lowest BCUT2D eigenvalue weighted by molar-refractivity contribution is -0.136. The summed E-state index contributed by atoms with van der Waals surface area (Å²) in [5.74, 6) is -0.364. The highest BCUT2D eigenvalue weighted by molar-refractivity contribution is 6.16. The first-order valence-corrected chi connectivity index (χ1v) is 5.16. The van der Waals surface area contributed by atoms with Crippen molar-refractivity contribution in [2.75, 3.05) is 6.61 Å². The van der Waals surface area contributed by atoms with Crippen LogP contribution in [0, 0.1) is 0 Å². The van der Waals surface area contributed by atoms with Crippen LogP contribution in [0.1, 0.15) is 12.5 Å². The summed E-state index contributed by atoms with van der Waals surface area (Å²) in [4.78, 5) is 14.6. The first-order valence-electron chi connectivity index (χ1n) is 5.16. The molecule has 0 spiro atoms. The van der Waals surface area contributed by atoms with E-state index >= 15 is 0 Å². The van der Waals surface area contributed by atoms with Crippen LogP contribution < -0.4 is 0 Å². The maximum atomic E-state index is 11.5. The third kappa shape index (κ3) is 1.84. The monoisotopic (exact) mass is 215 g/mol. The number of ether oxygens (including phenoxy) is 1. The molecule has 0 amide bonds. The number of nitrogens with one attached hydrogen (secondary N) is 1. The number of carbonyl (C=O) groups is 1. The predicted octanol–water partition coefficient (Wildman–Crippen LogP) is 2.74. The lowest BCUT2D eigenvalue weighted by atomic mass is 10.1. The van der Waals surface area contributed by atoms with Gasteiger partial charge in [-0.1, -0.05) is 12.6 Å². The topological polar surface area (TPSA) is 42.1 Å². The van der Waals surface area contributed by atoms with Crippen molar-refractivity contribution >= 4 is 22.4 Å². The number of hydrogen-bond donors (Lipinski definition) is 1. The fourth-order valence-electron chi connectivity index (χ4n) is 1.58. The fourth-order valence-corrected chi connectivity index (χ4v) is 1.58. The highest BCUT2D eigenvalue weighted by Crippen LogP contribution is 2.20. The van der Waals surface area contributed by atoms with Gasteiger partial charge in [0.1, 0.15) is 0 Å². The van der Waals surface area contributed by atoms with E-state index in [2.05, 4.69) is 11.6 Å².